The van der Waals surface area contributed by atoms with E-state index in [1.54, 1.807) is 0 Å². The van der Waals surface area contributed by atoms with Crippen molar-refractivity contribution < 1.29 is 9.53 Å². The van der Waals surface area contributed by atoms with Crippen molar-refractivity contribution in [1.29, 1.82) is 0 Å². The molecular formula is C15H21NO2. The van der Waals surface area contributed by atoms with Gasteiger partial charge in [0.25, 0.3) is 0 Å². The Balaban J connectivity index is 2.20. The molecule has 1 saturated heterocycles. The van der Waals surface area contributed by atoms with Crippen LogP contribution in [0.4, 0.5) is 0 Å². The van der Waals surface area contributed by atoms with Gasteiger partial charge in [-0.3, -0.25) is 4.79 Å². The molecule has 18 heavy (non-hydrogen) atoms. The van der Waals surface area contributed by atoms with E-state index >= 15 is 0 Å². The van der Waals surface area contributed by atoms with Gasteiger partial charge in [-0.1, -0.05) is 18.2 Å². The third-order valence-electron chi connectivity index (χ3n) is 3.76. The van der Waals surface area contributed by atoms with Crippen molar-refractivity contribution in [2.45, 2.75) is 26.7 Å². The monoisotopic (exact) mass is 247 g/mol. The fraction of sp³-hybridized carbons (Fsp3) is 0.533. The summed E-state index contributed by atoms with van der Waals surface area (Å²) < 4.78 is 5.15. The predicted molar refractivity (Wildman–Crippen MR) is 71.6 cm³/mol. The number of carbonyl (C=O) groups excluding carboxylic acids is 1. The van der Waals surface area contributed by atoms with Crippen molar-refractivity contribution in [1.82, 2.24) is 5.32 Å². The third kappa shape index (κ3) is 2.56. The Bertz CT molecular complexity index is 442. The lowest BCUT2D eigenvalue weighted by molar-refractivity contribution is -0.147. The van der Waals surface area contributed by atoms with Crippen LogP contribution in [0.1, 0.15) is 29.5 Å². The van der Waals surface area contributed by atoms with Gasteiger partial charge in [0.2, 0.25) is 0 Å². The van der Waals surface area contributed by atoms with Crippen LogP contribution < -0.4 is 5.32 Å². The van der Waals surface area contributed by atoms with Crippen LogP contribution in [0.15, 0.2) is 18.2 Å². The summed E-state index contributed by atoms with van der Waals surface area (Å²) in [5.74, 6) is 0.112. The van der Waals surface area contributed by atoms with E-state index in [1.165, 1.54) is 16.7 Å². The quantitative estimate of drug-likeness (QED) is 0.832. The van der Waals surface area contributed by atoms with Gasteiger partial charge in [-0.2, -0.15) is 0 Å². The molecule has 1 aliphatic rings. The van der Waals surface area contributed by atoms with Crippen LogP contribution in [0.3, 0.4) is 0 Å². The molecule has 2 unspecified atom stereocenters. The molecule has 2 rings (SSSR count). The third-order valence-corrected chi connectivity index (χ3v) is 3.76. The molecule has 3 heteroatoms. The number of aryl methyl sites for hydroxylation is 2. The molecule has 0 radical (unpaired) electrons. The summed E-state index contributed by atoms with van der Waals surface area (Å²) in [4.78, 5) is 11.9. The lowest BCUT2D eigenvalue weighted by atomic mass is 9.87. The van der Waals surface area contributed by atoms with Crippen LogP contribution in [0, 0.1) is 19.8 Å². The second-order valence-corrected chi connectivity index (χ2v) is 4.97. The van der Waals surface area contributed by atoms with E-state index in [-0.39, 0.29) is 17.8 Å². The highest BCUT2D eigenvalue weighted by atomic mass is 16.5. The largest absolute Gasteiger partial charge is 0.466 e. The molecule has 2 atom stereocenters. The number of ether oxygens (including phenoxy) is 1. The summed E-state index contributed by atoms with van der Waals surface area (Å²) in [6.45, 7) is 8.10. The minimum absolute atomic E-state index is 0.0490. The standard InChI is InChI=1S/C15H21NO2/c1-4-18-15(17)14-9-16-8-13(14)12-6-5-10(2)11(3)7-12/h5-7,13-14,16H,4,8-9H2,1-3H3. The van der Waals surface area contributed by atoms with Crippen molar-refractivity contribution in [2.75, 3.05) is 19.7 Å². The summed E-state index contributed by atoms with van der Waals surface area (Å²) >= 11 is 0. The molecule has 0 aliphatic carbocycles. The van der Waals surface area contributed by atoms with Crippen LogP contribution in [-0.4, -0.2) is 25.7 Å². The fourth-order valence-electron chi connectivity index (χ4n) is 2.52. The first-order valence-corrected chi connectivity index (χ1v) is 6.58. The summed E-state index contributed by atoms with van der Waals surface area (Å²) in [5.41, 5.74) is 3.81. The summed E-state index contributed by atoms with van der Waals surface area (Å²) in [6, 6.07) is 6.46. The average molecular weight is 247 g/mol. The van der Waals surface area contributed by atoms with Gasteiger partial charge in [-0.25, -0.2) is 0 Å². The van der Waals surface area contributed by atoms with Gasteiger partial charge in [0.15, 0.2) is 0 Å². The van der Waals surface area contributed by atoms with E-state index in [0.717, 1.165) is 13.1 Å². The van der Waals surface area contributed by atoms with Crippen LogP contribution in [0.2, 0.25) is 0 Å². The minimum Gasteiger partial charge on any atom is -0.466 e. The first-order valence-electron chi connectivity index (χ1n) is 6.58. The maximum atomic E-state index is 11.9. The van der Waals surface area contributed by atoms with Gasteiger partial charge in [0.05, 0.1) is 12.5 Å². The van der Waals surface area contributed by atoms with E-state index in [4.69, 9.17) is 4.74 Å². The van der Waals surface area contributed by atoms with Gasteiger partial charge < -0.3 is 10.1 Å². The van der Waals surface area contributed by atoms with Gasteiger partial charge in [0, 0.05) is 19.0 Å². The van der Waals surface area contributed by atoms with Crippen molar-refractivity contribution in [3.8, 4) is 0 Å². The molecule has 1 aromatic rings. The Hall–Kier alpha value is -1.35. The number of rotatable bonds is 3. The zero-order valence-corrected chi connectivity index (χ0v) is 11.3. The zero-order valence-electron chi connectivity index (χ0n) is 11.3. The molecule has 1 aliphatic heterocycles. The Labute approximate surface area is 109 Å². The van der Waals surface area contributed by atoms with Crippen LogP contribution in [0.5, 0.6) is 0 Å². The van der Waals surface area contributed by atoms with E-state index in [9.17, 15) is 4.79 Å². The first kappa shape index (κ1) is 13.1. The maximum Gasteiger partial charge on any atom is 0.310 e. The predicted octanol–water partition coefficient (Wildman–Crippen LogP) is 2.17. The molecular weight excluding hydrogens is 226 g/mol. The second kappa shape index (κ2) is 5.53. The Kier molecular flexibility index (Phi) is 4.02. The Morgan fingerprint density at radius 1 is 1.33 bits per heavy atom. The van der Waals surface area contributed by atoms with E-state index in [0.29, 0.717) is 6.61 Å². The number of hydrogen-bond acceptors (Lipinski definition) is 3. The minimum atomic E-state index is -0.0780. The van der Waals surface area contributed by atoms with Crippen molar-refractivity contribution in [3.63, 3.8) is 0 Å². The second-order valence-electron chi connectivity index (χ2n) is 4.97. The molecule has 0 aromatic heterocycles. The molecule has 3 nitrogen and oxygen atoms in total. The van der Waals surface area contributed by atoms with Gasteiger partial charge >= 0.3 is 5.97 Å². The molecule has 0 spiro atoms. The van der Waals surface area contributed by atoms with E-state index < -0.39 is 0 Å². The maximum absolute atomic E-state index is 11.9. The van der Waals surface area contributed by atoms with E-state index in [2.05, 4.69) is 37.4 Å². The zero-order chi connectivity index (χ0) is 13.1. The first-order chi connectivity index (χ1) is 8.63. The molecule has 0 amide bonds. The molecule has 1 aromatic carbocycles. The average Bonchev–Trinajstić information content (AvgIpc) is 2.82. The SMILES string of the molecule is CCOC(=O)C1CNCC1c1ccc(C)c(C)c1. The Morgan fingerprint density at radius 2 is 2.11 bits per heavy atom. The summed E-state index contributed by atoms with van der Waals surface area (Å²) in [7, 11) is 0. The number of benzene rings is 1. The Morgan fingerprint density at radius 3 is 2.78 bits per heavy atom. The highest BCUT2D eigenvalue weighted by Gasteiger charge is 2.34. The van der Waals surface area contributed by atoms with Crippen molar-refractivity contribution in [3.05, 3.63) is 34.9 Å². The van der Waals surface area contributed by atoms with Crippen LogP contribution >= 0.6 is 0 Å². The number of carbonyl (C=O) groups is 1. The lowest BCUT2D eigenvalue weighted by Gasteiger charge is -2.18. The normalized spacial score (nSPS) is 23.1. The van der Waals surface area contributed by atoms with Crippen LogP contribution in [0.25, 0.3) is 0 Å². The highest BCUT2D eigenvalue weighted by molar-refractivity contribution is 5.74. The molecule has 98 valence electrons. The topological polar surface area (TPSA) is 38.3 Å². The van der Waals surface area contributed by atoms with Gasteiger partial charge in [-0.15, -0.1) is 0 Å². The number of hydrogen-bond donors (Lipinski definition) is 1. The van der Waals surface area contributed by atoms with Crippen LogP contribution in [-0.2, 0) is 9.53 Å². The highest BCUT2D eigenvalue weighted by Crippen LogP contribution is 2.30. The number of nitrogens with one attached hydrogen (secondary N) is 1. The summed E-state index contributed by atoms with van der Waals surface area (Å²) in [6.07, 6.45) is 0. The molecule has 0 saturated carbocycles. The van der Waals surface area contributed by atoms with E-state index in [1.807, 2.05) is 6.92 Å². The van der Waals surface area contributed by atoms with Crippen molar-refractivity contribution in [2.24, 2.45) is 5.92 Å². The van der Waals surface area contributed by atoms with Gasteiger partial charge in [0.1, 0.15) is 0 Å². The molecule has 1 fully saturated rings. The van der Waals surface area contributed by atoms with Gasteiger partial charge in [-0.05, 0) is 37.5 Å². The molecule has 1 N–H and O–H groups in total. The van der Waals surface area contributed by atoms with Crippen molar-refractivity contribution >= 4 is 5.97 Å². The molecule has 1 heterocycles. The smallest absolute Gasteiger partial charge is 0.310 e. The summed E-state index contributed by atoms with van der Waals surface area (Å²) in [5, 5.41) is 3.29. The fourth-order valence-corrected chi connectivity index (χ4v) is 2.52. The lowest BCUT2D eigenvalue weighted by Crippen LogP contribution is -2.24. The molecule has 0 bridgehead atoms. The number of esters is 1.